The van der Waals surface area contributed by atoms with Gasteiger partial charge in [0.05, 0.1) is 73.2 Å². The lowest BCUT2D eigenvalue weighted by atomic mass is 9.83. The van der Waals surface area contributed by atoms with E-state index in [1.807, 2.05) is 12.1 Å². The topological polar surface area (TPSA) is 98.8 Å². The summed E-state index contributed by atoms with van der Waals surface area (Å²) in [4.78, 5) is 0.369. The maximum absolute atomic E-state index is 14.2. The van der Waals surface area contributed by atoms with Crippen LogP contribution in [-0.2, 0) is 48.8 Å². The molecule has 1 unspecified atom stereocenters. The van der Waals surface area contributed by atoms with Crippen molar-refractivity contribution >= 4 is 26.5 Å². The monoisotopic (exact) mass is 933 g/mol. The van der Waals surface area contributed by atoms with E-state index in [-0.39, 0.29) is 82.1 Å². The van der Waals surface area contributed by atoms with Gasteiger partial charge in [0, 0.05) is 30.6 Å². The van der Waals surface area contributed by atoms with Crippen molar-refractivity contribution in [3.8, 4) is 0 Å². The van der Waals surface area contributed by atoms with Gasteiger partial charge in [-0.3, -0.25) is 0 Å². The van der Waals surface area contributed by atoms with E-state index in [0.717, 1.165) is 61.7 Å². The van der Waals surface area contributed by atoms with E-state index >= 15 is 0 Å². The molecule has 63 heavy (non-hydrogen) atoms. The van der Waals surface area contributed by atoms with Gasteiger partial charge in [-0.25, -0.2) is 8.42 Å². The fraction of sp³-hybridized carbons (Fsp3) is 0.804. The molecule has 1 aromatic carbocycles. The highest BCUT2D eigenvalue weighted by Crippen LogP contribution is 2.43. The molecule has 9 atom stereocenters. The van der Waals surface area contributed by atoms with Crippen molar-refractivity contribution < 1.29 is 41.0 Å². The van der Waals surface area contributed by atoms with Gasteiger partial charge in [0.2, 0.25) is 0 Å². The molecular weight excluding hydrogens is 845 g/mol. The first-order valence-corrected chi connectivity index (χ1v) is 31.7. The zero-order valence-corrected chi connectivity index (χ0v) is 44.8. The molecule has 0 saturated carbocycles. The Balaban J connectivity index is 1.28. The van der Waals surface area contributed by atoms with E-state index in [4.69, 9.17) is 32.5 Å². The predicted octanol–water partition coefficient (Wildman–Crippen LogP) is 12.0. The molecule has 4 saturated heterocycles. The second-order valence-electron chi connectivity index (χ2n) is 23.6. The third-order valence-corrected chi connectivity index (χ3v) is 26.3. The lowest BCUT2D eigenvalue weighted by Crippen LogP contribution is -2.48. The second kappa shape index (κ2) is 21.0. The van der Waals surface area contributed by atoms with E-state index in [1.54, 1.807) is 12.1 Å². The van der Waals surface area contributed by atoms with Gasteiger partial charge in [-0.2, -0.15) is 0 Å². The normalized spacial score (nSPS) is 29.7. The molecule has 360 valence electrons. The minimum absolute atomic E-state index is 0.00613. The average molecular weight is 933 g/mol. The third-order valence-electron chi connectivity index (χ3n) is 15.4. The van der Waals surface area contributed by atoms with Crippen molar-refractivity contribution in [2.45, 2.75) is 224 Å². The lowest BCUT2D eigenvalue weighted by molar-refractivity contribution is -0.225. The third kappa shape index (κ3) is 14.4. The standard InChI is InChI=1S/C51H88O9SSi2/c1-17-38-18-22-44(23-19-38)61(52,53)32-39-28-42(29-43(60-63(15,16)50(8,9)10)31-56-62(13,14)49(5,6)7)59-47(39)30-46-37(4)35(2)26-40(58-46)20-24-45-36(3)27-41(57-45)21-25-48-54-33-51(11,12)34-55-48/h18-19,22-23,35,39-43,45-48H,3-4,17,20-21,24-34H2,1-2,5-16H3/t35-,39-,40-,41-,42-,43?,45-,46+,47-/m0/s1. The second-order valence-corrected chi connectivity index (χ2v) is 35.2. The van der Waals surface area contributed by atoms with Crippen LogP contribution in [0, 0.1) is 17.3 Å². The molecule has 4 fully saturated rings. The Labute approximate surface area is 386 Å². The van der Waals surface area contributed by atoms with Crippen molar-refractivity contribution in [1.29, 1.82) is 0 Å². The summed E-state index contributed by atoms with van der Waals surface area (Å²) in [6.07, 6.45) is 6.97. The van der Waals surface area contributed by atoms with E-state index in [2.05, 4.69) is 109 Å². The van der Waals surface area contributed by atoms with Crippen LogP contribution >= 0.6 is 0 Å². The molecule has 4 aliphatic heterocycles. The smallest absolute Gasteiger partial charge is 0.192 e. The zero-order valence-electron chi connectivity index (χ0n) is 42.0. The Morgan fingerprint density at radius 3 is 2.02 bits per heavy atom. The Morgan fingerprint density at radius 2 is 1.41 bits per heavy atom. The number of hydrogen-bond acceptors (Lipinski definition) is 9. The molecule has 0 amide bonds. The van der Waals surface area contributed by atoms with Gasteiger partial charge in [0.25, 0.3) is 0 Å². The zero-order chi connectivity index (χ0) is 46.8. The molecule has 5 rings (SSSR count). The Morgan fingerprint density at radius 1 is 0.810 bits per heavy atom. The van der Waals surface area contributed by atoms with Crippen LogP contribution in [0.5, 0.6) is 0 Å². The van der Waals surface area contributed by atoms with Crippen LogP contribution in [-0.4, -0.2) is 99.6 Å². The summed E-state index contributed by atoms with van der Waals surface area (Å²) in [5.74, 6) is 0.0718. The molecule has 0 aliphatic carbocycles. The van der Waals surface area contributed by atoms with Crippen LogP contribution in [0.3, 0.4) is 0 Å². The van der Waals surface area contributed by atoms with Crippen molar-refractivity contribution in [2.75, 3.05) is 25.6 Å². The number of ether oxygens (including phenoxy) is 5. The molecule has 0 aromatic heterocycles. The molecule has 4 heterocycles. The first kappa shape index (κ1) is 52.8. The molecule has 9 nitrogen and oxygen atoms in total. The van der Waals surface area contributed by atoms with E-state index in [9.17, 15) is 8.42 Å². The van der Waals surface area contributed by atoms with Gasteiger partial charge in [0.15, 0.2) is 32.8 Å². The van der Waals surface area contributed by atoms with Gasteiger partial charge in [-0.15, -0.1) is 0 Å². The van der Waals surface area contributed by atoms with Crippen LogP contribution in [0.2, 0.25) is 36.3 Å². The Hall–Kier alpha value is -1.20. The number of sulfone groups is 1. The van der Waals surface area contributed by atoms with Gasteiger partial charge in [-0.1, -0.05) is 94.5 Å². The van der Waals surface area contributed by atoms with Gasteiger partial charge >= 0.3 is 0 Å². The van der Waals surface area contributed by atoms with Crippen LogP contribution in [0.25, 0.3) is 0 Å². The fourth-order valence-corrected chi connectivity index (χ4v) is 13.0. The van der Waals surface area contributed by atoms with Gasteiger partial charge < -0.3 is 32.5 Å². The first-order valence-electron chi connectivity index (χ1n) is 24.3. The summed E-state index contributed by atoms with van der Waals surface area (Å²) in [6, 6.07) is 7.39. The highest BCUT2D eigenvalue weighted by atomic mass is 32.2. The Bertz CT molecular complexity index is 1770. The molecule has 0 radical (unpaired) electrons. The number of hydrogen-bond donors (Lipinski definition) is 0. The molecule has 0 spiro atoms. The largest absolute Gasteiger partial charge is 0.414 e. The number of rotatable bonds is 19. The average Bonchev–Trinajstić information content (AvgIpc) is 3.73. The minimum Gasteiger partial charge on any atom is -0.414 e. The highest BCUT2D eigenvalue weighted by molar-refractivity contribution is 7.91. The summed E-state index contributed by atoms with van der Waals surface area (Å²) < 4.78 is 74.8. The van der Waals surface area contributed by atoms with Crippen molar-refractivity contribution in [2.24, 2.45) is 17.3 Å². The Kier molecular flexibility index (Phi) is 17.6. The van der Waals surface area contributed by atoms with Crippen molar-refractivity contribution in [1.82, 2.24) is 0 Å². The van der Waals surface area contributed by atoms with Crippen molar-refractivity contribution in [3.63, 3.8) is 0 Å². The molecular formula is C51H88O9SSi2. The highest BCUT2D eigenvalue weighted by Gasteiger charge is 2.46. The summed E-state index contributed by atoms with van der Waals surface area (Å²) >= 11 is 0. The maximum Gasteiger partial charge on any atom is 0.192 e. The lowest BCUT2D eigenvalue weighted by Gasteiger charge is -2.42. The summed E-state index contributed by atoms with van der Waals surface area (Å²) in [7, 11) is -7.84. The fourth-order valence-electron chi connectivity index (χ4n) is 8.98. The van der Waals surface area contributed by atoms with Crippen molar-refractivity contribution in [3.05, 3.63) is 54.1 Å². The molecule has 12 heteroatoms. The molecule has 0 N–H and O–H groups in total. The minimum atomic E-state index is -3.59. The predicted molar refractivity (Wildman–Crippen MR) is 261 cm³/mol. The van der Waals surface area contributed by atoms with Gasteiger partial charge in [0.1, 0.15) is 0 Å². The first-order chi connectivity index (χ1) is 29.1. The number of benzene rings is 1. The summed E-state index contributed by atoms with van der Waals surface area (Å²) in [6.45, 7) is 42.3. The van der Waals surface area contributed by atoms with E-state index in [0.29, 0.717) is 44.0 Å². The van der Waals surface area contributed by atoms with E-state index in [1.165, 1.54) is 0 Å². The number of aryl methyl sites for hydroxylation is 1. The van der Waals surface area contributed by atoms with Crippen LogP contribution in [0.15, 0.2) is 53.5 Å². The quantitative estimate of drug-likeness (QED) is 0.0992. The molecule has 0 bridgehead atoms. The van der Waals surface area contributed by atoms with Crippen LogP contribution in [0.4, 0.5) is 0 Å². The summed E-state index contributed by atoms with van der Waals surface area (Å²) in [5, 5.41) is 0.0846. The molecule has 1 aromatic rings. The molecule has 4 aliphatic rings. The maximum atomic E-state index is 14.2. The van der Waals surface area contributed by atoms with E-state index < -0.39 is 26.5 Å². The van der Waals surface area contributed by atoms with Crippen LogP contribution < -0.4 is 0 Å². The van der Waals surface area contributed by atoms with Gasteiger partial charge in [-0.05, 0) is 116 Å². The van der Waals surface area contributed by atoms with Crippen LogP contribution in [0.1, 0.15) is 133 Å². The SMILES string of the molecule is C=C1C[C@H](CCC2OCC(C)(C)CO2)O[C@H]1CC[C@H]1C[C@H](C)C(=C)[C@@H](C[C@@H]2O[C@H](CC(CO[Si](C)(C)C(C)(C)C)O[Si](C)(C)C(C)(C)C)C[C@H]2CS(=O)(=O)c2ccc(CC)cc2)O1. The summed E-state index contributed by atoms with van der Waals surface area (Å²) in [5.41, 5.74) is 3.40.